The number of unbranched alkanes of at least 4 members (excludes halogenated alkanes) is 6. The summed E-state index contributed by atoms with van der Waals surface area (Å²) in [7, 11) is 0. The number of phenolic OH excluding ortho intramolecular Hbond substituents is 1. The molecule has 0 saturated carbocycles. The zero-order chi connectivity index (χ0) is 18.6. The Labute approximate surface area is 158 Å². The molecule has 0 aliphatic carbocycles. The van der Waals surface area contributed by atoms with Crippen molar-refractivity contribution in [1.29, 1.82) is 0 Å². The van der Waals surface area contributed by atoms with Crippen LogP contribution in [-0.4, -0.2) is 11.7 Å². The van der Waals surface area contributed by atoms with Crippen molar-refractivity contribution in [2.24, 2.45) is 0 Å². The maximum atomic E-state index is 9.49. The van der Waals surface area contributed by atoms with Gasteiger partial charge in [0, 0.05) is 0 Å². The molecule has 0 heterocycles. The predicted molar refractivity (Wildman–Crippen MR) is 112 cm³/mol. The number of rotatable bonds is 11. The van der Waals surface area contributed by atoms with Gasteiger partial charge in [0.25, 0.3) is 0 Å². The molecule has 0 saturated heterocycles. The lowest BCUT2D eigenvalue weighted by Crippen LogP contribution is -1.98. The Morgan fingerprint density at radius 3 is 2.27 bits per heavy atom. The van der Waals surface area contributed by atoms with Crippen molar-refractivity contribution in [3.8, 4) is 22.6 Å². The number of hydrogen-bond donors (Lipinski definition) is 1. The highest BCUT2D eigenvalue weighted by atomic mass is 16.5. The lowest BCUT2D eigenvalue weighted by Gasteiger charge is -2.11. The third-order valence-electron chi connectivity index (χ3n) is 4.56. The van der Waals surface area contributed by atoms with E-state index in [2.05, 4.69) is 25.1 Å². The number of benzene rings is 2. The minimum atomic E-state index is 0.288. The van der Waals surface area contributed by atoms with Crippen molar-refractivity contribution in [1.82, 2.24) is 0 Å². The molecular formula is C24H32O2. The van der Waals surface area contributed by atoms with Crippen LogP contribution in [0.1, 0.15) is 64.4 Å². The van der Waals surface area contributed by atoms with E-state index in [1.807, 2.05) is 31.2 Å². The van der Waals surface area contributed by atoms with Crippen molar-refractivity contribution in [2.75, 3.05) is 6.61 Å². The summed E-state index contributed by atoms with van der Waals surface area (Å²) in [6.07, 6.45) is 13.2. The molecule has 2 nitrogen and oxygen atoms in total. The molecule has 0 fully saturated rings. The van der Waals surface area contributed by atoms with E-state index in [0.717, 1.165) is 35.5 Å². The van der Waals surface area contributed by atoms with Gasteiger partial charge < -0.3 is 9.84 Å². The normalized spacial score (nSPS) is 11.2. The average molecular weight is 353 g/mol. The molecule has 140 valence electrons. The van der Waals surface area contributed by atoms with Crippen LogP contribution in [0.3, 0.4) is 0 Å². The third kappa shape index (κ3) is 6.59. The van der Waals surface area contributed by atoms with Crippen LogP contribution in [0.4, 0.5) is 0 Å². The number of ether oxygens (including phenoxy) is 1. The van der Waals surface area contributed by atoms with Gasteiger partial charge in [0.15, 0.2) is 0 Å². The second-order valence-corrected chi connectivity index (χ2v) is 6.77. The molecule has 0 atom stereocenters. The molecule has 1 N–H and O–H groups in total. The monoisotopic (exact) mass is 352 g/mol. The second kappa shape index (κ2) is 11.4. The topological polar surface area (TPSA) is 29.5 Å². The van der Waals surface area contributed by atoms with Crippen molar-refractivity contribution in [3.05, 3.63) is 54.1 Å². The Bertz CT molecular complexity index is 671. The molecule has 0 unspecified atom stereocenters. The van der Waals surface area contributed by atoms with Gasteiger partial charge in [-0.3, -0.25) is 0 Å². The lowest BCUT2D eigenvalue weighted by molar-refractivity contribution is 0.304. The van der Waals surface area contributed by atoms with Crippen molar-refractivity contribution in [2.45, 2.75) is 58.8 Å². The second-order valence-electron chi connectivity index (χ2n) is 6.77. The summed E-state index contributed by atoms with van der Waals surface area (Å²) < 4.78 is 5.96. The van der Waals surface area contributed by atoms with Crippen molar-refractivity contribution in [3.63, 3.8) is 0 Å². The van der Waals surface area contributed by atoms with Crippen molar-refractivity contribution < 1.29 is 9.84 Å². The molecule has 2 heteroatoms. The molecule has 0 radical (unpaired) electrons. The molecule has 2 rings (SSSR count). The Morgan fingerprint density at radius 2 is 1.58 bits per heavy atom. The van der Waals surface area contributed by atoms with Gasteiger partial charge in [-0.25, -0.2) is 0 Å². The van der Waals surface area contributed by atoms with Crippen molar-refractivity contribution >= 4 is 6.08 Å². The van der Waals surface area contributed by atoms with Crippen LogP contribution < -0.4 is 4.74 Å². The van der Waals surface area contributed by atoms with Crippen LogP contribution in [0.25, 0.3) is 17.2 Å². The number of hydrogen-bond acceptors (Lipinski definition) is 2. The van der Waals surface area contributed by atoms with Crippen LogP contribution >= 0.6 is 0 Å². The molecular weight excluding hydrogens is 320 g/mol. The minimum Gasteiger partial charge on any atom is -0.508 e. The van der Waals surface area contributed by atoms with E-state index in [1.165, 1.54) is 38.5 Å². The first-order valence-electron chi connectivity index (χ1n) is 9.93. The molecule has 0 aromatic heterocycles. The fourth-order valence-electron chi connectivity index (χ4n) is 3.10. The number of aromatic hydroxyl groups is 1. The maximum Gasteiger partial charge on any atom is 0.119 e. The predicted octanol–water partition coefficient (Wildman–Crippen LogP) is 7.22. The summed E-state index contributed by atoms with van der Waals surface area (Å²) >= 11 is 0. The molecule has 26 heavy (non-hydrogen) atoms. The van der Waals surface area contributed by atoms with Gasteiger partial charge in [-0.15, -0.1) is 0 Å². The molecule has 0 bridgehead atoms. The zero-order valence-electron chi connectivity index (χ0n) is 16.2. The molecule has 2 aromatic rings. The molecule has 2 aromatic carbocycles. The van der Waals surface area contributed by atoms with Gasteiger partial charge in [-0.05, 0) is 54.3 Å². The maximum absolute atomic E-state index is 9.49. The fraction of sp³-hybridized carbons (Fsp3) is 0.417. The summed E-state index contributed by atoms with van der Waals surface area (Å²) in [6, 6.07) is 13.6. The van der Waals surface area contributed by atoms with Crippen LogP contribution in [0, 0.1) is 0 Å². The zero-order valence-corrected chi connectivity index (χ0v) is 16.2. The SMILES string of the molecule is C/C=C\c1cc(OCCCCCCCCC)ccc1-c1ccc(O)cc1. The van der Waals surface area contributed by atoms with Crippen LogP contribution in [0.2, 0.25) is 0 Å². The first-order valence-corrected chi connectivity index (χ1v) is 9.93. The lowest BCUT2D eigenvalue weighted by atomic mass is 9.99. The highest BCUT2D eigenvalue weighted by Crippen LogP contribution is 2.29. The number of allylic oxidation sites excluding steroid dienone is 1. The highest BCUT2D eigenvalue weighted by Gasteiger charge is 2.05. The summed E-state index contributed by atoms with van der Waals surface area (Å²) in [5, 5.41) is 9.49. The molecule has 0 aliphatic heterocycles. The van der Waals surface area contributed by atoms with Crippen LogP contribution in [-0.2, 0) is 0 Å². The quantitative estimate of drug-likeness (QED) is 0.432. The summed E-state index contributed by atoms with van der Waals surface area (Å²) in [5.74, 6) is 1.21. The third-order valence-corrected chi connectivity index (χ3v) is 4.56. The molecule has 0 amide bonds. The first-order chi connectivity index (χ1) is 12.7. The van der Waals surface area contributed by atoms with Gasteiger partial charge in [0.2, 0.25) is 0 Å². The van der Waals surface area contributed by atoms with Gasteiger partial charge in [0.05, 0.1) is 6.61 Å². The molecule has 0 spiro atoms. The van der Waals surface area contributed by atoms with E-state index in [0.29, 0.717) is 0 Å². The summed E-state index contributed by atoms with van der Waals surface area (Å²) in [5.41, 5.74) is 3.37. The van der Waals surface area contributed by atoms with Gasteiger partial charge in [-0.2, -0.15) is 0 Å². The Balaban J connectivity index is 1.90. The van der Waals surface area contributed by atoms with Crippen LogP contribution in [0.15, 0.2) is 48.5 Å². The van der Waals surface area contributed by atoms with Crippen LogP contribution in [0.5, 0.6) is 11.5 Å². The van der Waals surface area contributed by atoms with Gasteiger partial charge >= 0.3 is 0 Å². The Kier molecular flexibility index (Phi) is 8.82. The van der Waals surface area contributed by atoms with E-state index in [-0.39, 0.29) is 5.75 Å². The summed E-state index contributed by atoms with van der Waals surface area (Å²) in [4.78, 5) is 0. The van der Waals surface area contributed by atoms with E-state index in [9.17, 15) is 5.11 Å². The Hall–Kier alpha value is -2.22. The summed E-state index contributed by atoms with van der Waals surface area (Å²) in [6.45, 7) is 5.05. The van der Waals surface area contributed by atoms with E-state index in [1.54, 1.807) is 12.1 Å². The van der Waals surface area contributed by atoms with E-state index in [4.69, 9.17) is 4.74 Å². The standard InChI is InChI=1S/C24H32O2/c1-3-5-6-7-8-9-10-18-26-23-16-17-24(21(19-23)11-4-2)20-12-14-22(25)15-13-20/h4,11-17,19,25H,3,5-10,18H2,1-2H3/b11-4-. The van der Waals surface area contributed by atoms with Gasteiger partial charge in [-0.1, -0.05) is 75.8 Å². The highest BCUT2D eigenvalue weighted by molar-refractivity contribution is 5.76. The Morgan fingerprint density at radius 1 is 0.885 bits per heavy atom. The minimum absolute atomic E-state index is 0.288. The van der Waals surface area contributed by atoms with E-state index >= 15 is 0 Å². The first kappa shape index (κ1) is 20.1. The number of phenols is 1. The smallest absolute Gasteiger partial charge is 0.119 e. The van der Waals surface area contributed by atoms with E-state index < -0.39 is 0 Å². The molecule has 0 aliphatic rings. The fourth-order valence-corrected chi connectivity index (χ4v) is 3.10. The average Bonchev–Trinajstić information content (AvgIpc) is 2.65. The largest absolute Gasteiger partial charge is 0.508 e. The van der Waals surface area contributed by atoms with Gasteiger partial charge in [0.1, 0.15) is 11.5 Å².